The summed E-state index contributed by atoms with van der Waals surface area (Å²) in [6.45, 7) is 5.81. The summed E-state index contributed by atoms with van der Waals surface area (Å²) in [4.78, 5) is 25.4. The standard InChI is InChI=1S/C19H20N2O3S2/c1-4-24-19(23)17-12(2)13(3)26-18(17)21-16(22)11-25-10-15-7-5-6-14(8-15)9-20/h5-8H,4,10-11H2,1-3H3,(H,21,22). The molecule has 0 spiro atoms. The molecule has 7 heteroatoms. The Hall–Kier alpha value is -2.30. The van der Waals surface area contributed by atoms with E-state index in [1.54, 1.807) is 13.0 Å². The van der Waals surface area contributed by atoms with Crippen molar-refractivity contribution >= 4 is 40.0 Å². The highest BCUT2D eigenvalue weighted by molar-refractivity contribution is 7.99. The van der Waals surface area contributed by atoms with Crippen LogP contribution in [0.3, 0.4) is 0 Å². The third kappa shape index (κ3) is 5.10. The van der Waals surface area contributed by atoms with Crippen LogP contribution >= 0.6 is 23.1 Å². The second-order valence-corrected chi connectivity index (χ2v) is 7.77. The summed E-state index contributed by atoms with van der Waals surface area (Å²) in [6.07, 6.45) is 0. The minimum absolute atomic E-state index is 0.168. The van der Waals surface area contributed by atoms with E-state index < -0.39 is 5.97 Å². The fourth-order valence-electron chi connectivity index (χ4n) is 2.32. The van der Waals surface area contributed by atoms with Crippen LogP contribution in [0.4, 0.5) is 5.00 Å². The van der Waals surface area contributed by atoms with Gasteiger partial charge in [-0.1, -0.05) is 12.1 Å². The Kier molecular flexibility index (Phi) is 7.25. The number of thioether (sulfide) groups is 1. The number of nitrogens with one attached hydrogen (secondary N) is 1. The van der Waals surface area contributed by atoms with E-state index in [-0.39, 0.29) is 18.3 Å². The Morgan fingerprint density at radius 3 is 2.81 bits per heavy atom. The van der Waals surface area contributed by atoms with Crippen LogP contribution in [0.2, 0.25) is 0 Å². The van der Waals surface area contributed by atoms with Crippen LogP contribution in [0.15, 0.2) is 24.3 Å². The zero-order valence-electron chi connectivity index (χ0n) is 14.9. The zero-order chi connectivity index (χ0) is 19.1. The average molecular weight is 389 g/mol. The van der Waals surface area contributed by atoms with Gasteiger partial charge < -0.3 is 10.1 Å². The second-order valence-electron chi connectivity index (χ2n) is 5.56. The lowest BCUT2D eigenvalue weighted by molar-refractivity contribution is -0.113. The first-order valence-corrected chi connectivity index (χ1v) is 10.1. The summed E-state index contributed by atoms with van der Waals surface area (Å²) in [5.74, 6) is 0.314. The Balaban J connectivity index is 1.96. The summed E-state index contributed by atoms with van der Waals surface area (Å²) < 4.78 is 5.09. The molecule has 1 amide bonds. The first-order valence-electron chi connectivity index (χ1n) is 8.10. The highest BCUT2D eigenvalue weighted by Gasteiger charge is 2.21. The number of esters is 1. The molecule has 1 heterocycles. The van der Waals surface area contributed by atoms with E-state index in [4.69, 9.17) is 10.00 Å². The molecule has 136 valence electrons. The second kappa shape index (κ2) is 9.41. The Bertz CT molecular complexity index is 853. The van der Waals surface area contributed by atoms with Gasteiger partial charge in [0.25, 0.3) is 0 Å². The van der Waals surface area contributed by atoms with Crippen LogP contribution in [0, 0.1) is 25.2 Å². The molecule has 0 atom stereocenters. The maximum atomic E-state index is 12.2. The number of carbonyl (C=O) groups is 2. The molecule has 0 aliphatic rings. The molecule has 0 saturated heterocycles. The van der Waals surface area contributed by atoms with Gasteiger partial charge in [-0.3, -0.25) is 4.79 Å². The fourth-order valence-corrected chi connectivity index (χ4v) is 4.16. The van der Waals surface area contributed by atoms with Gasteiger partial charge in [-0.05, 0) is 44.0 Å². The van der Waals surface area contributed by atoms with E-state index in [0.717, 1.165) is 16.0 Å². The van der Waals surface area contributed by atoms with Crippen molar-refractivity contribution in [2.24, 2.45) is 0 Å². The van der Waals surface area contributed by atoms with Crippen LogP contribution in [0.25, 0.3) is 0 Å². The van der Waals surface area contributed by atoms with Gasteiger partial charge in [0.15, 0.2) is 0 Å². The molecule has 0 fully saturated rings. The van der Waals surface area contributed by atoms with Crippen molar-refractivity contribution < 1.29 is 14.3 Å². The number of amides is 1. The van der Waals surface area contributed by atoms with E-state index in [9.17, 15) is 9.59 Å². The fraction of sp³-hybridized carbons (Fsp3) is 0.316. The van der Waals surface area contributed by atoms with E-state index in [0.29, 0.717) is 21.9 Å². The first kappa shape index (κ1) is 20.0. The minimum atomic E-state index is -0.411. The summed E-state index contributed by atoms with van der Waals surface area (Å²) >= 11 is 2.84. The van der Waals surface area contributed by atoms with Crippen molar-refractivity contribution in [2.75, 3.05) is 17.7 Å². The SMILES string of the molecule is CCOC(=O)c1c(NC(=O)CSCc2cccc(C#N)c2)sc(C)c1C. The summed E-state index contributed by atoms with van der Waals surface area (Å²) in [5.41, 5.74) is 2.88. The molecule has 26 heavy (non-hydrogen) atoms. The number of carbonyl (C=O) groups excluding carboxylic acids is 2. The van der Waals surface area contributed by atoms with Crippen molar-refractivity contribution in [3.8, 4) is 6.07 Å². The van der Waals surface area contributed by atoms with Crippen LogP contribution in [-0.4, -0.2) is 24.2 Å². The van der Waals surface area contributed by atoms with Gasteiger partial charge in [-0.25, -0.2) is 4.79 Å². The number of aryl methyl sites for hydroxylation is 1. The van der Waals surface area contributed by atoms with Crippen LogP contribution in [0.1, 0.15) is 38.8 Å². The number of hydrogen-bond acceptors (Lipinski definition) is 6. The molecule has 5 nitrogen and oxygen atoms in total. The molecule has 0 bridgehead atoms. The number of thiophene rings is 1. The molecule has 0 aliphatic carbocycles. The van der Waals surface area contributed by atoms with Crippen LogP contribution in [-0.2, 0) is 15.3 Å². The van der Waals surface area contributed by atoms with Gasteiger partial charge in [-0.2, -0.15) is 5.26 Å². The molecule has 2 rings (SSSR count). The monoisotopic (exact) mass is 388 g/mol. The molecule has 2 aromatic rings. The molecule has 1 N–H and O–H groups in total. The summed E-state index contributed by atoms with van der Waals surface area (Å²) in [7, 11) is 0. The van der Waals surface area contributed by atoms with Gasteiger partial charge in [0, 0.05) is 10.6 Å². The van der Waals surface area contributed by atoms with Gasteiger partial charge in [0.1, 0.15) is 5.00 Å². The van der Waals surface area contributed by atoms with E-state index in [2.05, 4.69) is 11.4 Å². The smallest absolute Gasteiger partial charge is 0.341 e. The number of anilines is 1. The minimum Gasteiger partial charge on any atom is -0.462 e. The van der Waals surface area contributed by atoms with Gasteiger partial charge in [0.05, 0.1) is 29.6 Å². The molecule has 0 aliphatic heterocycles. The maximum Gasteiger partial charge on any atom is 0.341 e. The van der Waals surface area contributed by atoms with Crippen molar-refractivity contribution in [3.63, 3.8) is 0 Å². The molecular formula is C19H20N2O3S2. The number of hydrogen-bond donors (Lipinski definition) is 1. The maximum absolute atomic E-state index is 12.2. The molecule has 0 radical (unpaired) electrons. The molecule has 0 saturated carbocycles. The lowest BCUT2D eigenvalue weighted by atomic mass is 10.1. The van der Waals surface area contributed by atoms with E-state index in [1.165, 1.54) is 23.1 Å². The number of ether oxygens (including phenoxy) is 1. The normalized spacial score (nSPS) is 10.2. The van der Waals surface area contributed by atoms with Crippen molar-refractivity contribution in [3.05, 3.63) is 51.4 Å². The highest BCUT2D eigenvalue weighted by atomic mass is 32.2. The number of nitriles is 1. The van der Waals surface area contributed by atoms with Crippen LogP contribution in [0.5, 0.6) is 0 Å². The molecule has 1 aromatic heterocycles. The van der Waals surface area contributed by atoms with Crippen molar-refractivity contribution in [1.82, 2.24) is 0 Å². The number of nitrogens with zero attached hydrogens (tertiary/aromatic N) is 1. The average Bonchev–Trinajstić information content (AvgIpc) is 2.89. The van der Waals surface area contributed by atoms with Crippen molar-refractivity contribution in [1.29, 1.82) is 5.26 Å². The summed E-state index contributed by atoms with van der Waals surface area (Å²) in [6, 6.07) is 9.43. The summed E-state index contributed by atoms with van der Waals surface area (Å²) in [5, 5.41) is 12.3. The topological polar surface area (TPSA) is 79.2 Å². The predicted molar refractivity (Wildman–Crippen MR) is 106 cm³/mol. The Morgan fingerprint density at radius 2 is 2.12 bits per heavy atom. The quantitative estimate of drug-likeness (QED) is 0.716. The molecule has 0 unspecified atom stereocenters. The highest BCUT2D eigenvalue weighted by Crippen LogP contribution is 2.33. The van der Waals surface area contributed by atoms with E-state index in [1.807, 2.05) is 32.0 Å². The van der Waals surface area contributed by atoms with Gasteiger partial charge >= 0.3 is 5.97 Å². The van der Waals surface area contributed by atoms with Crippen molar-refractivity contribution in [2.45, 2.75) is 26.5 Å². The molecular weight excluding hydrogens is 368 g/mol. The largest absolute Gasteiger partial charge is 0.462 e. The van der Waals surface area contributed by atoms with Gasteiger partial charge in [0.2, 0.25) is 5.91 Å². The lowest BCUT2D eigenvalue weighted by Gasteiger charge is -2.07. The zero-order valence-corrected chi connectivity index (χ0v) is 16.6. The van der Waals surface area contributed by atoms with Crippen LogP contribution < -0.4 is 5.32 Å². The molecule has 1 aromatic carbocycles. The third-order valence-electron chi connectivity index (χ3n) is 3.68. The lowest BCUT2D eigenvalue weighted by Crippen LogP contribution is -2.16. The number of rotatable bonds is 7. The third-order valence-corrected chi connectivity index (χ3v) is 5.80. The van der Waals surface area contributed by atoms with E-state index >= 15 is 0 Å². The number of benzene rings is 1. The predicted octanol–water partition coefficient (Wildman–Crippen LogP) is 4.29. The Labute approximate surface area is 161 Å². The van der Waals surface area contributed by atoms with Gasteiger partial charge in [-0.15, -0.1) is 23.1 Å². The Morgan fingerprint density at radius 1 is 1.35 bits per heavy atom. The first-order chi connectivity index (χ1) is 12.5.